The zero-order chi connectivity index (χ0) is 43.8. The van der Waals surface area contributed by atoms with Crippen LogP contribution in [0.2, 0.25) is 0 Å². The summed E-state index contributed by atoms with van der Waals surface area (Å²) in [5.74, 6) is -3.03. The maximum Gasteiger partial charge on any atom is 0.251 e. The van der Waals surface area contributed by atoms with Gasteiger partial charge in [0, 0.05) is 43.2 Å². The molecule has 0 radical (unpaired) electrons. The lowest BCUT2D eigenvalue weighted by Crippen LogP contribution is -2.55. The van der Waals surface area contributed by atoms with Gasteiger partial charge >= 0.3 is 0 Å². The van der Waals surface area contributed by atoms with E-state index < -0.39 is 66.7 Å². The SMILES string of the molecule is CCCCc1ccc(C(=O)NCC(=O)NCC(=O)N(C)[C@@H]2C(=O)N[C@@H](C)C(=O)N[C@H](C(=O)NCC#N)Cc3ccc(OCCN)c(c3)-c3cc2ccc3OCCN)c(C)c1. The van der Waals surface area contributed by atoms with Crippen LogP contribution in [0.4, 0.5) is 0 Å². The van der Waals surface area contributed by atoms with Crippen LogP contribution in [0, 0.1) is 18.3 Å². The van der Waals surface area contributed by atoms with E-state index in [1.807, 2.05) is 25.1 Å². The van der Waals surface area contributed by atoms with Crippen LogP contribution in [0.5, 0.6) is 11.5 Å². The molecule has 0 aliphatic carbocycles. The number of likely N-dealkylation sites (N-methyl/N-ethyl adjacent to an activating group) is 1. The van der Waals surface area contributed by atoms with Crippen molar-refractivity contribution in [3.8, 4) is 28.7 Å². The van der Waals surface area contributed by atoms with Gasteiger partial charge in [-0.25, -0.2) is 0 Å². The Morgan fingerprint density at radius 1 is 0.883 bits per heavy atom. The van der Waals surface area contributed by atoms with E-state index in [-0.39, 0.29) is 39.3 Å². The molecular formula is C43H55N9O8. The molecule has 6 amide bonds. The van der Waals surface area contributed by atoms with Gasteiger partial charge in [0.2, 0.25) is 29.5 Å². The van der Waals surface area contributed by atoms with Crippen molar-refractivity contribution in [1.29, 1.82) is 5.26 Å². The molecule has 1 aliphatic rings. The minimum absolute atomic E-state index is 0.00758. The van der Waals surface area contributed by atoms with E-state index in [2.05, 4.69) is 33.5 Å². The van der Waals surface area contributed by atoms with E-state index in [0.29, 0.717) is 39.3 Å². The number of nitrogens with two attached hydrogens (primary N) is 2. The van der Waals surface area contributed by atoms with E-state index in [4.69, 9.17) is 26.2 Å². The molecule has 1 heterocycles. The normalized spacial score (nSPS) is 16.2. The van der Waals surface area contributed by atoms with Gasteiger partial charge in [-0.1, -0.05) is 37.6 Å². The lowest BCUT2D eigenvalue weighted by atomic mass is 9.93. The summed E-state index contributed by atoms with van der Waals surface area (Å²) in [5, 5.41) is 22.0. The molecule has 60 heavy (non-hydrogen) atoms. The molecule has 0 spiro atoms. The zero-order valence-electron chi connectivity index (χ0n) is 34.5. The predicted octanol–water partition coefficient (Wildman–Crippen LogP) is 0.911. The number of fused-ring (bicyclic) bond motifs is 5. The van der Waals surface area contributed by atoms with Gasteiger partial charge in [-0.05, 0) is 79.3 Å². The lowest BCUT2D eigenvalue weighted by Gasteiger charge is -2.30. The molecule has 3 atom stereocenters. The molecule has 17 heteroatoms. The first kappa shape index (κ1) is 46.2. The molecule has 4 bridgehead atoms. The van der Waals surface area contributed by atoms with E-state index in [1.54, 1.807) is 42.5 Å². The molecule has 1 aliphatic heterocycles. The van der Waals surface area contributed by atoms with Crippen molar-refractivity contribution >= 4 is 35.4 Å². The highest BCUT2D eigenvalue weighted by atomic mass is 16.5. The van der Waals surface area contributed by atoms with Crippen molar-refractivity contribution in [2.45, 2.75) is 64.6 Å². The Balaban J connectivity index is 1.66. The molecule has 3 aromatic carbocycles. The van der Waals surface area contributed by atoms with Crippen LogP contribution in [-0.2, 0) is 36.8 Å². The number of carbonyl (C=O) groups excluding carboxylic acids is 6. The number of aryl methyl sites for hydroxylation is 2. The Morgan fingerprint density at radius 2 is 1.57 bits per heavy atom. The van der Waals surface area contributed by atoms with Crippen molar-refractivity contribution < 1.29 is 38.2 Å². The number of nitriles is 1. The van der Waals surface area contributed by atoms with Gasteiger partial charge in [0.05, 0.1) is 19.2 Å². The number of benzene rings is 3. The minimum Gasteiger partial charge on any atom is -0.492 e. The first-order chi connectivity index (χ1) is 28.8. The van der Waals surface area contributed by atoms with E-state index in [0.717, 1.165) is 35.3 Å². The van der Waals surface area contributed by atoms with Crippen molar-refractivity contribution in [3.05, 3.63) is 82.4 Å². The van der Waals surface area contributed by atoms with Gasteiger partial charge in [-0.3, -0.25) is 28.8 Å². The van der Waals surface area contributed by atoms with Crippen molar-refractivity contribution in [2.24, 2.45) is 11.5 Å². The summed E-state index contributed by atoms with van der Waals surface area (Å²) >= 11 is 0. The van der Waals surface area contributed by atoms with Crippen LogP contribution < -0.4 is 47.5 Å². The molecule has 4 rings (SSSR count). The minimum atomic E-state index is -1.36. The first-order valence-electron chi connectivity index (χ1n) is 19.9. The molecule has 0 saturated heterocycles. The topological polar surface area (TPSA) is 260 Å². The standard InChI is InChI=1S/C43H55N9O8/c1-5-6-7-28-8-11-31(26(2)20-28)41(56)49-24-37(53)48-25-38(54)52(4)39-30-10-13-36(60-19-16-46)33(23-30)32-21-29(9-12-35(32)59-18-15-45)22-34(42(57)47-17-14-44)51-40(55)27(3)50-43(39)58/h8-13,20-21,23,27,34,39H,5-7,15-19,22,24-25,45-46H2,1-4H3,(H,47,57)(H,48,53)(H,49,56)(H,50,58)(H,51,55)/t27-,34-,39-/m0/s1. The third kappa shape index (κ3) is 12.5. The number of amides is 6. The Labute approximate surface area is 349 Å². The summed E-state index contributed by atoms with van der Waals surface area (Å²) in [6.07, 6.45) is 3.00. The maximum absolute atomic E-state index is 14.2. The van der Waals surface area contributed by atoms with Crippen molar-refractivity contribution in [1.82, 2.24) is 31.5 Å². The summed E-state index contributed by atoms with van der Waals surface area (Å²) in [5.41, 5.74) is 15.8. The van der Waals surface area contributed by atoms with Gasteiger partial charge in [-0.15, -0.1) is 0 Å². The Bertz CT molecular complexity index is 2090. The monoisotopic (exact) mass is 825 g/mol. The Hall–Kier alpha value is -6.51. The molecule has 0 aromatic heterocycles. The van der Waals surface area contributed by atoms with Gasteiger partial charge in [0.25, 0.3) is 5.91 Å². The smallest absolute Gasteiger partial charge is 0.251 e. The molecule has 9 N–H and O–H groups in total. The number of ether oxygens (including phenoxy) is 2. The lowest BCUT2D eigenvalue weighted by molar-refractivity contribution is -0.140. The van der Waals surface area contributed by atoms with E-state index in [1.165, 1.54) is 14.0 Å². The zero-order valence-corrected chi connectivity index (χ0v) is 34.5. The van der Waals surface area contributed by atoms with Crippen molar-refractivity contribution in [2.75, 3.05) is 53.0 Å². The maximum atomic E-state index is 14.2. The summed E-state index contributed by atoms with van der Waals surface area (Å²) in [7, 11) is 1.38. The highest BCUT2D eigenvalue weighted by molar-refractivity contribution is 5.99. The second kappa shape index (κ2) is 22.6. The third-order valence-corrected chi connectivity index (χ3v) is 9.80. The molecule has 3 aromatic rings. The van der Waals surface area contributed by atoms with Crippen LogP contribution >= 0.6 is 0 Å². The quantitative estimate of drug-likeness (QED) is 0.0942. The molecule has 0 fully saturated rings. The first-order valence-corrected chi connectivity index (χ1v) is 19.9. The average molecular weight is 826 g/mol. The van der Waals surface area contributed by atoms with Crippen molar-refractivity contribution in [3.63, 3.8) is 0 Å². The molecule has 0 unspecified atom stereocenters. The van der Waals surface area contributed by atoms with Gasteiger partial charge in [0.15, 0.2) is 0 Å². The second-order valence-corrected chi connectivity index (χ2v) is 14.4. The number of nitrogens with one attached hydrogen (secondary N) is 5. The van der Waals surface area contributed by atoms with Crippen LogP contribution in [0.3, 0.4) is 0 Å². The number of hydrogen-bond acceptors (Lipinski definition) is 11. The van der Waals surface area contributed by atoms with Gasteiger partial charge in [-0.2, -0.15) is 5.26 Å². The number of nitrogens with zero attached hydrogens (tertiary/aromatic N) is 2. The summed E-state index contributed by atoms with van der Waals surface area (Å²) < 4.78 is 12.1. The fourth-order valence-corrected chi connectivity index (χ4v) is 6.61. The van der Waals surface area contributed by atoms with Crippen LogP contribution in [-0.4, -0.2) is 105 Å². The fraction of sp³-hybridized carbons (Fsp3) is 0.419. The van der Waals surface area contributed by atoms with Gasteiger partial charge in [0.1, 0.15) is 49.4 Å². The number of unbranched alkanes of at least 4 members (excludes halogenated alkanes) is 1. The van der Waals surface area contributed by atoms with Crippen LogP contribution in [0.15, 0.2) is 54.6 Å². The summed E-state index contributed by atoms with van der Waals surface area (Å²) in [6, 6.07) is 13.8. The fourth-order valence-electron chi connectivity index (χ4n) is 6.61. The highest BCUT2D eigenvalue weighted by Gasteiger charge is 2.33. The van der Waals surface area contributed by atoms with E-state index in [9.17, 15) is 28.8 Å². The molecule has 0 saturated carbocycles. The van der Waals surface area contributed by atoms with E-state index >= 15 is 0 Å². The molecular weight excluding hydrogens is 771 g/mol. The summed E-state index contributed by atoms with van der Waals surface area (Å²) in [4.78, 5) is 81.7. The highest BCUT2D eigenvalue weighted by Crippen LogP contribution is 2.40. The number of carbonyl (C=O) groups is 6. The second-order valence-electron chi connectivity index (χ2n) is 14.4. The Morgan fingerprint density at radius 3 is 2.22 bits per heavy atom. The number of hydrogen-bond donors (Lipinski definition) is 7. The predicted molar refractivity (Wildman–Crippen MR) is 223 cm³/mol. The largest absolute Gasteiger partial charge is 0.492 e. The van der Waals surface area contributed by atoms with Gasteiger partial charge < -0.3 is 52.4 Å². The number of rotatable bonds is 17. The Kier molecular flexibility index (Phi) is 17.4. The molecule has 320 valence electrons. The van der Waals surface area contributed by atoms with Crippen LogP contribution in [0.25, 0.3) is 11.1 Å². The average Bonchev–Trinajstić information content (AvgIpc) is 3.24. The van der Waals surface area contributed by atoms with Crippen LogP contribution in [0.1, 0.15) is 65.3 Å². The molecule has 17 nitrogen and oxygen atoms in total. The third-order valence-electron chi connectivity index (χ3n) is 9.80. The summed E-state index contributed by atoms with van der Waals surface area (Å²) in [6.45, 7) is 4.83.